The molecular weight excluding hydrogens is 569 g/mol. The number of carbonyl (C=O) groups is 2. The van der Waals surface area contributed by atoms with E-state index in [1.165, 1.54) is 17.5 Å². The van der Waals surface area contributed by atoms with Gasteiger partial charge >= 0.3 is 12.1 Å². The highest BCUT2D eigenvalue weighted by atomic mass is 32.2. The fourth-order valence-electron chi connectivity index (χ4n) is 4.15. The number of nitrogens with zero attached hydrogens (tertiary/aromatic N) is 2. The largest absolute Gasteiger partial charge is 0.490 e. The standard InChI is InChI=1S/C24H28N4O3S2.C2HF3O2/c1-14-9-10-19(12-21(14)33(30,31)28-20-13-25-16(3)11-15(20)2)22-17(4)26-24(32-22)27-23(29)18-7-5-6-8-18;3-2(4,5)1(6)7/h9-13,18,28H,5-8H2,1-4H3,(H,26,27,29);(H,6,7). The number of benzene rings is 1. The number of carbonyl (C=O) groups excluding carboxylic acids is 1. The maximum absolute atomic E-state index is 13.2. The molecule has 1 amide bonds. The third-order valence-electron chi connectivity index (χ3n) is 6.23. The van der Waals surface area contributed by atoms with Crippen LogP contribution in [0.4, 0.5) is 24.0 Å². The molecule has 0 bridgehead atoms. The average molecular weight is 599 g/mol. The molecular formula is C26H29F3N4O5S2. The van der Waals surface area contributed by atoms with E-state index in [-0.39, 0.29) is 16.7 Å². The zero-order valence-corrected chi connectivity index (χ0v) is 23.9. The normalized spacial score (nSPS) is 13.9. The second-order valence-electron chi connectivity index (χ2n) is 9.43. The Bertz CT molecular complexity index is 1510. The van der Waals surface area contributed by atoms with Crippen LogP contribution < -0.4 is 10.0 Å². The molecule has 0 unspecified atom stereocenters. The number of aliphatic carboxylic acids is 1. The predicted molar refractivity (Wildman–Crippen MR) is 146 cm³/mol. The van der Waals surface area contributed by atoms with Crippen LogP contribution in [0.2, 0.25) is 0 Å². The van der Waals surface area contributed by atoms with Gasteiger partial charge in [-0.05, 0) is 69.4 Å². The number of pyridine rings is 1. The molecule has 0 radical (unpaired) electrons. The molecule has 40 heavy (non-hydrogen) atoms. The smallest absolute Gasteiger partial charge is 0.475 e. The van der Waals surface area contributed by atoms with Crippen molar-refractivity contribution in [3.8, 4) is 10.4 Å². The van der Waals surface area contributed by atoms with Crippen molar-refractivity contribution in [3.05, 3.63) is 53.0 Å². The Morgan fingerprint density at radius 2 is 1.68 bits per heavy atom. The molecule has 4 rings (SSSR count). The van der Waals surface area contributed by atoms with E-state index >= 15 is 0 Å². The van der Waals surface area contributed by atoms with E-state index in [1.54, 1.807) is 19.1 Å². The Morgan fingerprint density at radius 1 is 1.05 bits per heavy atom. The quantitative estimate of drug-likeness (QED) is 0.316. The highest BCUT2D eigenvalue weighted by Gasteiger charge is 2.38. The number of hydrogen-bond donors (Lipinski definition) is 3. The minimum absolute atomic E-state index is 0.0197. The van der Waals surface area contributed by atoms with Gasteiger partial charge in [0.05, 0.1) is 27.4 Å². The van der Waals surface area contributed by atoms with Gasteiger partial charge in [0.2, 0.25) is 5.91 Å². The van der Waals surface area contributed by atoms with Crippen molar-refractivity contribution in [2.24, 2.45) is 5.92 Å². The lowest BCUT2D eigenvalue weighted by molar-refractivity contribution is -0.192. The van der Waals surface area contributed by atoms with Crippen molar-refractivity contribution >= 4 is 44.1 Å². The van der Waals surface area contributed by atoms with Crippen LogP contribution in [0.3, 0.4) is 0 Å². The van der Waals surface area contributed by atoms with Gasteiger partial charge in [0.1, 0.15) is 0 Å². The summed E-state index contributed by atoms with van der Waals surface area (Å²) < 4.78 is 60.8. The third-order valence-corrected chi connectivity index (χ3v) is 8.86. The molecule has 216 valence electrons. The predicted octanol–water partition coefficient (Wildman–Crippen LogP) is 6.00. The molecule has 0 atom stereocenters. The van der Waals surface area contributed by atoms with E-state index in [0.717, 1.165) is 53.1 Å². The number of amides is 1. The molecule has 14 heteroatoms. The minimum Gasteiger partial charge on any atom is -0.475 e. The van der Waals surface area contributed by atoms with E-state index in [4.69, 9.17) is 9.90 Å². The molecule has 3 aromatic rings. The maximum atomic E-state index is 13.2. The van der Waals surface area contributed by atoms with Crippen molar-refractivity contribution in [2.45, 2.75) is 64.5 Å². The van der Waals surface area contributed by atoms with Crippen LogP contribution in [-0.2, 0) is 19.6 Å². The SMILES string of the molecule is Cc1cc(C)c(NS(=O)(=O)c2cc(-c3sc(NC(=O)C4CCCC4)nc3C)ccc2C)cn1.O=C(O)C(F)(F)F. The summed E-state index contributed by atoms with van der Waals surface area (Å²) in [6.07, 6.45) is 0.477. The number of nitrogens with one attached hydrogen (secondary N) is 2. The van der Waals surface area contributed by atoms with Gasteiger partial charge in [-0.15, -0.1) is 0 Å². The van der Waals surface area contributed by atoms with Gasteiger partial charge in [-0.25, -0.2) is 18.2 Å². The number of anilines is 2. The Morgan fingerprint density at radius 3 is 2.25 bits per heavy atom. The second-order valence-corrected chi connectivity index (χ2v) is 12.1. The van der Waals surface area contributed by atoms with Crippen LogP contribution in [-0.4, -0.2) is 41.5 Å². The van der Waals surface area contributed by atoms with Crippen LogP contribution in [0.15, 0.2) is 35.4 Å². The fourth-order valence-corrected chi connectivity index (χ4v) is 6.50. The van der Waals surface area contributed by atoms with Gasteiger partial charge in [-0.2, -0.15) is 13.2 Å². The van der Waals surface area contributed by atoms with Crippen LogP contribution in [0.25, 0.3) is 10.4 Å². The van der Waals surface area contributed by atoms with E-state index in [2.05, 4.69) is 20.0 Å². The highest BCUT2D eigenvalue weighted by Crippen LogP contribution is 2.36. The highest BCUT2D eigenvalue weighted by molar-refractivity contribution is 7.92. The summed E-state index contributed by atoms with van der Waals surface area (Å²) in [7, 11) is -3.82. The molecule has 0 aliphatic heterocycles. The monoisotopic (exact) mass is 598 g/mol. The first-order valence-corrected chi connectivity index (χ1v) is 14.5. The molecule has 9 nitrogen and oxygen atoms in total. The van der Waals surface area contributed by atoms with E-state index in [9.17, 15) is 26.4 Å². The van der Waals surface area contributed by atoms with Crippen LogP contribution in [0.5, 0.6) is 0 Å². The Kier molecular flexibility index (Phi) is 9.56. The molecule has 0 saturated heterocycles. The van der Waals surface area contributed by atoms with E-state index in [0.29, 0.717) is 16.4 Å². The topological polar surface area (TPSA) is 138 Å². The lowest BCUT2D eigenvalue weighted by Crippen LogP contribution is -2.21. The first-order valence-electron chi connectivity index (χ1n) is 12.2. The second kappa shape index (κ2) is 12.3. The first kappa shape index (κ1) is 31.0. The molecule has 1 fully saturated rings. The van der Waals surface area contributed by atoms with Crippen molar-refractivity contribution in [3.63, 3.8) is 0 Å². The van der Waals surface area contributed by atoms with E-state index < -0.39 is 22.2 Å². The number of alkyl halides is 3. The average Bonchev–Trinajstić information content (AvgIpc) is 3.51. The number of sulfonamides is 1. The van der Waals surface area contributed by atoms with Crippen LogP contribution >= 0.6 is 11.3 Å². The number of carboxylic acid groups (broad SMARTS) is 1. The zero-order valence-electron chi connectivity index (χ0n) is 22.2. The molecule has 1 aromatic carbocycles. The number of rotatable bonds is 6. The van der Waals surface area contributed by atoms with Crippen LogP contribution in [0.1, 0.15) is 48.2 Å². The molecule has 2 aromatic heterocycles. The number of halogens is 3. The molecule has 1 saturated carbocycles. The number of carboxylic acids is 1. The van der Waals surface area contributed by atoms with Crippen LogP contribution in [0, 0.1) is 33.6 Å². The van der Waals surface area contributed by atoms with Gasteiger partial charge in [0.15, 0.2) is 5.13 Å². The minimum atomic E-state index is -5.08. The van der Waals surface area contributed by atoms with Gasteiger partial charge in [-0.1, -0.05) is 36.3 Å². The van der Waals surface area contributed by atoms with Crippen molar-refractivity contribution in [2.75, 3.05) is 10.0 Å². The summed E-state index contributed by atoms with van der Waals surface area (Å²) in [5.41, 5.74) is 4.22. The lowest BCUT2D eigenvalue weighted by Gasteiger charge is -2.13. The van der Waals surface area contributed by atoms with Gasteiger partial charge in [0.25, 0.3) is 10.0 Å². The Balaban J connectivity index is 0.000000559. The maximum Gasteiger partial charge on any atom is 0.490 e. The number of aryl methyl sites for hydroxylation is 4. The summed E-state index contributed by atoms with van der Waals surface area (Å²) in [6, 6.07) is 7.18. The molecule has 1 aliphatic carbocycles. The Hall–Kier alpha value is -3.52. The van der Waals surface area contributed by atoms with Gasteiger partial charge < -0.3 is 10.4 Å². The number of thiazole rings is 1. The van der Waals surface area contributed by atoms with E-state index in [1.807, 2.05) is 32.9 Å². The van der Waals surface area contributed by atoms with Gasteiger partial charge in [0, 0.05) is 11.6 Å². The van der Waals surface area contributed by atoms with Crippen molar-refractivity contribution in [1.29, 1.82) is 0 Å². The Labute approximate surface area is 233 Å². The zero-order chi connectivity index (χ0) is 29.8. The first-order chi connectivity index (χ1) is 18.6. The van der Waals surface area contributed by atoms with Gasteiger partial charge in [-0.3, -0.25) is 14.5 Å². The summed E-state index contributed by atoms with van der Waals surface area (Å²) >= 11 is 1.36. The number of hydrogen-bond acceptors (Lipinski definition) is 7. The van der Waals surface area contributed by atoms with Crippen molar-refractivity contribution < 1.29 is 36.3 Å². The molecule has 1 aliphatic rings. The summed E-state index contributed by atoms with van der Waals surface area (Å²) in [5.74, 6) is -2.68. The fraction of sp³-hybridized carbons (Fsp3) is 0.385. The number of aromatic nitrogens is 2. The molecule has 0 spiro atoms. The third kappa shape index (κ3) is 7.78. The summed E-state index contributed by atoms with van der Waals surface area (Å²) in [4.78, 5) is 31.1. The van der Waals surface area contributed by atoms with Crippen molar-refractivity contribution in [1.82, 2.24) is 9.97 Å². The lowest BCUT2D eigenvalue weighted by atomic mass is 10.1. The molecule has 3 N–H and O–H groups in total. The summed E-state index contributed by atoms with van der Waals surface area (Å²) in [6.45, 7) is 7.34. The molecule has 2 heterocycles. The summed E-state index contributed by atoms with van der Waals surface area (Å²) in [5, 5.41) is 10.6.